The van der Waals surface area contributed by atoms with Crippen molar-refractivity contribution in [1.29, 1.82) is 0 Å². The first-order valence-corrected chi connectivity index (χ1v) is 8.27. The van der Waals surface area contributed by atoms with Gasteiger partial charge in [-0.1, -0.05) is 39.0 Å². The summed E-state index contributed by atoms with van der Waals surface area (Å²) in [7, 11) is 1.76. The molecule has 2 aliphatic carbocycles. The second-order valence-electron chi connectivity index (χ2n) is 7.98. The van der Waals surface area contributed by atoms with Gasteiger partial charge in [-0.05, 0) is 49.0 Å². The molecule has 2 aliphatic rings. The maximum absolute atomic E-state index is 5.53. The van der Waals surface area contributed by atoms with Gasteiger partial charge in [0.2, 0.25) is 0 Å². The van der Waals surface area contributed by atoms with Gasteiger partial charge in [-0.2, -0.15) is 0 Å². The molecule has 116 valence electrons. The molecule has 21 heavy (non-hydrogen) atoms. The fourth-order valence-corrected chi connectivity index (χ4v) is 5.08. The monoisotopic (exact) mass is 287 g/mol. The topological polar surface area (TPSA) is 21.3 Å². The number of hydrogen-bond acceptors (Lipinski definition) is 2. The van der Waals surface area contributed by atoms with Crippen molar-refractivity contribution in [3.63, 3.8) is 0 Å². The van der Waals surface area contributed by atoms with Crippen LogP contribution in [0.2, 0.25) is 0 Å². The Kier molecular flexibility index (Phi) is 3.56. The highest BCUT2D eigenvalue weighted by Crippen LogP contribution is 2.62. The van der Waals surface area contributed by atoms with Gasteiger partial charge in [0.1, 0.15) is 5.75 Å². The van der Waals surface area contributed by atoms with E-state index in [2.05, 4.69) is 51.2 Å². The van der Waals surface area contributed by atoms with E-state index >= 15 is 0 Å². The van der Waals surface area contributed by atoms with Gasteiger partial charge in [-0.25, -0.2) is 0 Å². The molecule has 1 N–H and O–H groups in total. The summed E-state index contributed by atoms with van der Waals surface area (Å²) in [4.78, 5) is 0. The van der Waals surface area contributed by atoms with Gasteiger partial charge < -0.3 is 10.1 Å². The van der Waals surface area contributed by atoms with Crippen LogP contribution in [-0.2, 0) is 0 Å². The molecule has 0 spiro atoms. The van der Waals surface area contributed by atoms with Crippen LogP contribution in [0.5, 0.6) is 5.75 Å². The third-order valence-corrected chi connectivity index (χ3v) is 6.29. The minimum atomic E-state index is 0.321. The van der Waals surface area contributed by atoms with E-state index in [0.717, 1.165) is 11.7 Å². The molecular formula is C19H29NO. The van der Waals surface area contributed by atoms with E-state index in [-0.39, 0.29) is 0 Å². The molecule has 3 rings (SSSR count). The highest BCUT2D eigenvalue weighted by atomic mass is 16.5. The SMILES string of the molecule is COc1ccccc1[C@@H](C)NC1C(C)(C)[C@H]2CC[C@]1(C)C2. The maximum atomic E-state index is 5.53. The van der Waals surface area contributed by atoms with Crippen molar-refractivity contribution in [2.75, 3.05) is 7.11 Å². The van der Waals surface area contributed by atoms with Crippen molar-refractivity contribution in [1.82, 2.24) is 5.32 Å². The number of para-hydroxylation sites is 1. The lowest BCUT2D eigenvalue weighted by molar-refractivity contribution is 0.0999. The molecule has 4 atom stereocenters. The average Bonchev–Trinajstić information content (AvgIpc) is 2.94. The van der Waals surface area contributed by atoms with Crippen molar-refractivity contribution in [2.45, 2.75) is 59.0 Å². The second-order valence-corrected chi connectivity index (χ2v) is 7.98. The Labute approximate surface area is 129 Å². The Hall–Kier alpha value is -1.02. The smallest absolute Gasteiger partial charge is 0.123 e. The molecule has 1 aromatic carbocycles. The third-order valence-electron chi connectivity index (χ3n) is 6.29. The molecule has 0 aliphatic heterocycles. The minimum absolute atomic E-state index is 0.321. The molecular weight excluding hydrogens is 258 g/mol. The van der Waals surface area contributed by atoms with Gasteiger partial charge in [-0.15, -0.1) is 0 Å². The van der Waals surface area contributed by atoms with E-state index in [0.29, 0.717) is 22.9 Å². The predicted molar refractivity (Wildman–Crippen MR) is 87.6 cm³/mol. The zero-order chi connectivity index (χ0) is 15.3. The first-order chi connectivity index (χ1) is 9.88. The van der Waals surface area contributed by atoms with Crippen LogP contribution in [-0.4, -0.2) is 13.2 Å². The van der Waals surface area contributed by atoms with Crippen molar-refractivity contribution in [3.05, 3.63) is 29.8 Å². The zero-order valence-electron chi connectivity index (χ0n) is 14.1. The molecule has 1 aromatic rings. The summed E-state index contributed by atoms with van der Waals surface area (Å²) in [6.45, 7) is 9.65. The van der Waals surface area contributed by atoms with Crippen LogP contribution >= 0.6 is 0 Å². The van der Waals surface area contributed by atoms with Crippen LogP contribution in [0.15, 0.2) is 24.3 Å². The number of fused-ring (bicyclic) bond motifs is 2. The number of rotatable bonds is 4. The zero-order valence-corrected chi connectivity index (χ0v) is 14.1. The summed E-state index contributed by atoms with van der Waals surface area (Å²) in [5, 5.41) is 3.95. The summed E-state index contributed by atoms with van der Waals surface area (Å²) < 4.78 is 5.53. The highest BCUT2D eigenvalue weighted by molar-refractivity contribution is 5.35. The Morgan fingerprint density at radius 2 is 1.95 bits per heavy atom. The largest absolute Gasteiger partial charge is 0.496 e. The number of benzene rings is 1. The van der Waals surface area contributed by atoms with E-state index in [4.69, 9.17) is 4.74 Å². The van der Waals surface area contributed by atoms with Crippen LogP contribution in [0, 0.1) is 16.7 Å². The van der Waals surface area contributed by atoms with E-state index < -0.39 is 0 Å². The van der Waals surface area contributed by atoms with Crippen molar-refractivity contribution in [2.24, 2.45) is 16.7 Å². The van der Waals surface area contributed by atoms with E-state index in [1.165, 1.54) is 24.8 Å². The molecule has 0 radical (unpaired) electrons. The van der Waals surface area contributed by atoms with Crippen LogP contribution in [0.3, 0.4) is 0 Å². The quantitative estimate of drug-likeness (QED) is 0.876. The normalized spacial score (nSPS) is 34.9. The number of ether oxygens (including phenoxy) is 1. The summed E-state index contributed by atoms with van der Waals surface area (Å²) in [6, 6.07) is 9.28. The average molecular weight is 287 g/mol. The second kappa shape index (κ2) is 5.01. The highest BCUT2D eigenvalue weighted by Gasteiger charge is 2.59. The Balaban J connectivity index is 1.83. The summed E-state index contributed by atoms with van der Waals surface area (Å²) in [6.07, 6.45) is 4.17. The van der Waals surface area contributed by atoms with E-state index in [1.54, 1.807) is 7.11 Å². The molecule has 2 heteroatoms. The molecule has 0 heterocycles. The summed E-state index contributed by atoms with van der Waals surface area (Å²) in [5.74, 6) is 1.87. The van der Waals surface area contributed by atoms with Gasteiger partial charge in [0, 0.05) is 17.6 Å². The van der Waals surface area contributed by atoms with Crippen LogP contribution in [0.4, 0.5) is 0 Å². The fourth-order valence-electron chi connectivity index (χ4n) is 5.08. The molecule has 0 saturated heterocycles. The van der Waals surface area contributed by atoms with Crippen LogP contribution in [0.25, 0.3) is 0 Å². The molecule has 2 nitrogen and oxygen atoms in total. The molecule has 0 amide bonds. The summed E-state index contributed by atoms with van der Waals surface area (Å²) in [5.41, 5.74) is 2.12. The van der Waals surface area contributed by atoms with Crippen molar-refractivity contribution < 1.29 is 4.74 Å². The number of nitrogens with one attached hydrogen (secondary N) is 1. The van der Waals surface area contributed by atoms with Gasteiger partial charge in [-0.3, -0.25) is 0 Å². The van der Waals surface area contributed by atoms with Crippen molar-refractivity contribution >= 4 is 0 Å². The van der Waals surface area contributed by atoms with Gasteiger partial charge in [0.15, 0.2) is 0 Å². The van der Waals surface area contributed by atoms with Gasteiger partial charge in [0.05, 0.1) is 7.11 Å². The molecule has 2 saturated carbocycles. The Morgan fingerprint density at radius 3 is 2.57 bits per heavy atom. The lowest BCUT2D eigenvalue weighted by atomic mass is 9.68. The summed E-state index contributed by atoms with van der Waals surface area (Å²) >= 11 is 0. The van der Waals surface area contributed by atoms with Crippen LogP contribution < -0.4 is 10.1 Å². The first-order valence-electron chi connectivity index (χ1n) is 8.27. The molecule has 2 bridgehead atoms. The Morgan fingerprint density at radius 1 is 1.24 bits per heavy atom. The third kappa shape index (κ3) is 2.28. The first kappa shape index (κ1) is 14.9. The molecule has 1 unspecified atom stereocenters. The maximum Gasteiger partial charge on any atom is 0.123 e. The standard InChI is InChI=1S/C19H29NO/c1-13(15-8-6-7-9-16(15)21-5)20-17-18(2,3)14-10-11-19(17,4)12-14/h6-9,13-14,17,20H,10-12H2,1-5H3/t13-,14+,17?,19-/m1/s1. The van der Waals surface area contributed by atoms with Gasteiger partial charge in [0.25, 0.3) is 0 Å². The lowest BCUT2D eigenvalue weighted by Crippen LogP contribution is -2.51. The Bertz CT molecular complexity index is 519. The molecule has 2 fully saturated rings. The van der Waals surface area contributed by atoms with E-state index in [1.807, 2.05) is 6.07 Å². The van der Waals surface area contributed by atoms with Crippen LogP contribution in [0.1, 0.15) is 58.6 Å². The fraction of sp³-hybridized carbons (Fsp3) is 0.684. The lowest BCUT2D eigenvalue weighted by Gasteiger charge is -2.44. The van der Waals surface area contributed by atoms with Gasteiger partial charge >= 0.3 is 0 Å². The minimum Gasteiger partial charge on any atom is -0.496 e. The predicted octanol–water partition coefficient (Wildman–Crippen LogP) is 4.56. The number of hydrogen-bond donors (Lipinski definition) is 1. The number of methoxy groups -OCH3 is 1. The van der Waals surface area contributed by atoms with Crippen molar-refractivity contribution in [3.8, 4) is 5.75 Å². The van der Waals surface area contributed by atoms with E-state index in [9.17, 15) is 0 Å². The molecule has 0 aromatic heterocycles.